The monoisotopic (exact) mass is 377 g/mol. The van der Waals surface area contributed by atoms with Gasteiger partial charge in [-0.1, -0.05) is 12.1 Å². The van der Waals surface area contributed by atoms with Crippen LogP contribution in [0.25, 0.3) is 16.7 Å². The molecule has 0 saturated carbocycles. The normalized spacial score (nSPS) is 15.0. The third-order valence-electron chi connectivity index (χ3n) is 5.15. The average Bonchev–Trinajstić information content (AvgIpc) is 3.18. The van der Waals surface area contributed by atoms with Crippen LogP contribution in [0.1, 0.15) is 10.4 Å². The van der Waals surface area contributed by atoms with E-state index in [9.17, 15) is 9.59 Å². The zero-order chi connectivity index (χ0) is 19.5. The molecule has 0 bridgehead atoms. The smallest absolute Gasteiger partial charge is 0.253 e. The molecular formula is C21H23N5O2. The minimum Gasteiger partial charge on any atom is -0.358 e. The third kappa shape index (κ3) is 3.61. The van der Waals surface area contributed by atoms with E-state index in [1.54, 1.807) is 13.4 Å². The molecule has 0 aliphatic carbocycles. The van der Waals surface area contributed by atoms with Crippen LogP contribution in [-0.2, 0) is 4.79 Å². The first-order valence-corrected chi connectivity index (χ1v) is 9.40. The predicted molar refractivity (Wildman–Crippen MR) is 107 cm³/mol. The molecule has 1 fully saturated rings. The molecular weight excluding hydrogens is 354 g/mol. The summed E-state index contributed by atoms with van der Waals surface area (Å²) in [5, 5.41) is 2.63. The largest absolute Gasteiger partial charge is 0.358 e. The lowest BCUT2D eigenvalue weighted by Crippen LogP contribution is -2.50. The SMILES string of the molecule is CNC(=O)CN1CCN(C(=O)c2ccc(-n3cnc4ccccc43)cc2)CC1. The van der Waals surface area contributed by atoms with Crippen LogP contribution in [0, 0.1) is 0 Å². The first kappa shape index (κ1) is 18.2. The van der Waals surface area contributed by atoms with Gasteiger partial charge in [-0.25, -0.2) is 4.98 Å². The second kappa shape index (κ2) is 7.82. The number of nitrogens with one attached hydrogen (secondary N) is 1. The molecule has 2 amide bonds. The van der Waals surface area contributed by atoms with Crippen LogP contribution in [0.15, 0.2) is 54.9 Å². The summed E-state index contributed by atoms with van der Waals surface area (Å²) in [6.45, 7) is 3.05. The number of carbonyl (C=O) groups is 2. The van der Waals surface area contributed by atoms with Crippen LogP contribution in [0.3, 0.4) is 0 Å². The number of amides is 2. The first-order chi connectivity index (χ1) is 13.7. The Bertz CT molecular complexity index is 987. The van der Waals surface area contributed by atoms with Crippen LogP contribution < -0.4 is 5.32 Å². The van der Waals surface area contributed by atoms with Gasteiger partial charge < -0.3 is 10.2 Å². The van der Waals surface area contributed by atoms with E-state index in [0.29, 0.717) is 38.3 Å². The van der Waals surface area contributed by atoms with Crippen LogP contribution in [0.4, 0.5) is 0 Å². The number of fused-ring (bicyclic) bond motifs is 1. The number of carbonyl (C=O) groups excluding carboxylic acids is 2. The number of nitrogens with zero attached hydrogens (tertiary/aromatic N) is 4. The van der Waals surface area contributed by atoms with Gasteiger partial charge in [0.1, 0.15) is 6.33 Å². The summed E-state index contributed by atoms with van der Waals surface area (Å²) in [7, 11) is 1.64. The molecule has 1 aromatic heterocycles. The van der Waals surface area contributed by atoms with Crippen LogP contribution >= 0.6 is 0 Å². The number of hydrogen-bond donors (Lipinski definition) is 1. The molecule has 1 N–H and O–H groups in total. The van der Waals surface area contributed by atoms with Crippen molar-refractivity contribution in [1.29, 1.82) is 0 Å². The summed E-state index contributed by atoms with van der Waals surface area (Å²) < 4.78 is 2.02. The summed E-state index contributed by atoms with van der Waals surface area (Å²) in [6, 6.07) is 15.6. The molecule has 3 aromatic rings. The Balaban J connectivity index is 1.43. The van der Waals surface area contributed by atoms with Crippen LogP contribution in [0.2, 0.25) is 0 Å². The number of rotatable bonds is 4. The molecule has 0 atom stereocenters. The molecule has 4 rings (SSSR count). The maximum absolute atomic E-state index is 12.8. The van der Waals surface area contributed by atoms with Crippen LogP contribution in [0.5, 0.6) is 0 Å². The Kier molecular flexibility index (Phi) is 5.08. The van der Waals surface area contributed by atoms with Gasteiger partial charge in [-0.2, -0.15) is 0 Å². The van der Waals surface area contributed by atoms with E-state index in [1.165, 1.54) is 0 Å². The fraction of sp³-hybridized carbons (Fsp3) is 0.286. The lowest BCUT2D eigenvalue weighted by molar-refractivity contribution is -0.122. The van der Waals surface area contributed by atoms with Gasteiger partial charge in [0.15, 0.2) is 0 Å². The molecule has 2 heterocycles. The number of imidazole rings is 1. The molecule has 7 heteroatoms. The fourth-order valence-corrected chi connectivity index (χ4v) is 3.50. The Morgan fingerprint density at radius 2 is 1.71 bits per heavy atom. The van der Waals surface area contributed by atoms with Gasteiger partial charge in [-0.15, -0.1) is 0 Å². The molecule has 7 nitrogen and oxygen atoms in total. The second-order valence-electron chi connectivity index (χ2n) is 6.89. The second-order valence-corrected chi connectivity index (χ2v) is 6.89. The van der Waals surface area contributed by atoms with Crippen molar-refractivity contribution in [2.45, 2.75) is 0 Å². The minimum absolute atomic E-state index is 0.00221. The number of piperazine rings is 1. The molecule has 1 aliphatic heterocycles. The summed E-state index contributed by atoms with van der Waals surface area (Å²) >= 11 is 0. The summed E-state index contributed by atoms with van der Waals surface area (Å²) in [5.74, 6) is 0.0315. The van der Waals surface area contributed by atoms with Crippen molar-refractivity contribution < 1.29 is 9.59 Å². The van der Waals surface area contributed by atoms with Crippen molar-refractivity contribution in [3.05, 3.63) is 60.4 Å². The van der Waals surface area contributed by atoms with E-state index >= 15 is 0 Å². The number of likely N-dealkylation sites (N-methyl/N-ethyl adjacent to an activating group) is 1. The van der Waals surface area contributed by atoms with Gasteiger partial charge in [0, 0.05) is 44.5 Å². The first-order valence-electron chi connectivity index (χ1n) is 9.40. The van der Waals surface area contributed by atoms with Crippen molar-refractivity contribution in [3.8, 4) is 5.69 Å². The maximum Gasteiger partial charge on any atom is 0.253 e. The van der Waals surface area contributed by atoms with E-state index in [1.807, 2.05) is 58.0 Å². The van der Waals surface area contributed by atoms with Gasteiger partial charge in [0.25, 0.3) is 5.91 Å². The van der Waals surface area contributed by atoms with E-state index in [-0.39, 0.29) is 11.8 Å². The van der Waals surface area contributed by atoms with E-state index < -0.39 is 0 Å². The zero-order valence-electron chi connectivity index (χ0n) is 15.8. The number of hydrogen-bond acceptors (Lipinski definition) is 4. The highest BCUT2D eigenvalue weighted by Crippen LogP contribution is 2.19. The zero-order valence-corrected chi connectivity index (χ0v) is 15.8. The topological polar surface area (TPSA) is 70.5 Å². The van der Waals surface area contributed by atoms with Crippen LogP contribution in [-0.4, -0.2) is 70.9 Å². The molecule has 28 heavy (non-hydrogen) atoms. The molecule has 2 aromatic carbocycles. The summed E-state index contributed by atoms with van der Waals surface area (Å²) in [6.07, 6.45) is 1.80. The van der Waals surface area contributed by atoms with Gasteiger partial charge in [-0.3, -0.25) is 19.1 Å². The highest BCUT2D eigenvalue weighted by atomic mass is 16.2. The molecule has 0 spiro atoms. The molecule has 0 radical (unpaired) electrons. The quantitative estimate of drug-likeness (QED) is 0.749. The van der Waals surface area contributed by atoms with Gasteiger partial charge in [0.05, 0.1) is 17.6 Å². The maximum atomic E-state index is 12.8. The Morgan fingerprint density at radius 3 is 2.43 bits per heavy atom. The molecule has 0 unspecified atom stereocenters. The van der Waals surface area contributed by atoms with E-state index in [4.69, 9.17) is 0 Å². The number of para-hydroxylation sites is 2. The van der Waals surface area contributed by atoms with Crippen molar-refractivity contribution in [2.24, 2.45) is 0 Å². The highest BCUT2D eigenvalue weighted by Gasteiger charge is 2.23. The van der Waals surface area contributed by atoms with Gasteiger partial charge in [-0.05, 0) is 36.4 Å². The Hall–Kier alpha value is -3.19. The Labute approximate surface area is 163 Å². The summed E-state index contributed by atoms with van der Waals surface area (Å²) in [5.41, 5.74) is 3.62. The number of aromatic nitrogens is 2. The standard InChI is InChI=1S/C21H23N5O2/c1-22-20(27)14-24-10-12-25(13-11-24)21(28)16-6-8-17(9-7-16)26-15-23-18-4-2-3-5-19(18)26/h2-9,15H,10-14H2,1H3,(H,22,27). The predicted octanol–water partition coefficient (Wildman–Crippen LogP) is 1.53. The number of benzene rings is 2. The van der Waals surface area contributed by atoms with Gasteiger partial charge >= 0.3 is 0 Å². The molecule has 1 aliphatic rings. The van der Waals surface area contributed by atoms with Gasteiger partial charge in [0.2, 0.25) is 5.91 Å². The average molecular weight is 377 g/mol. The molecule has 1 saturated heterocycles. The fourth-order valence-electron chi connectivity index (χ4n) is 3.50. The lowest BCUT2D eigenvalue weighted by atomic mass is 10.1. The summed E-state index contributed by atoms with van der Waals surface area (Å²) in [4.78, 5) is 32.6. The van der Waals surface area contributed by atoms with E-state index in [0.717, 1.165) is 16.7 Å². The van der Waals surface area contributed by atoms with Crippen molar-refractivity contribution in [3.63, 3.8) is 0 Å². The van der Waals surface area contributed by atoms with Crippen molar-refractivity contribution >= 4 is 22.8 Å². The minimum atomic E-state index is 0.00221. The van der Waals surface area contributed by atoms with Crippen molar-refractivity contribution in [1.82, 2.24) is 24.7 Å². The van der Waals surface area contributed by atoms with Crippen molar-refractivity contribution in [2.75, 3.05) is 39.8 Å². The lowest BCUT2D eigenvalue weighted by Gasteiger charge is -2.34. The molecule has 144 valence electrons. The van der Waals surface area contributed by atoms with E-state index in [2.05, 4.69) is 15.2 Å². The third-order valence-corrected chi connectivity index (χ3v) is 5.15. The highest BCUT2D eigenvalue weighted by molar-refractivity contribution is 5.94. The Morgan fingerprint density at radius 1 is 1.00 bits per heavy atom.